The van der Waals surface area contributed by atoms with E-state index in [-0.39, 0.29) is 36.4 Å². The van der Waals surface area contributed by atoms with Crippen molar-refractivity contribution < 1.29 is 22.7 Å². The average molecular weight is 524 g/mol. The molecule has 1 amide bonds. The highest BCUT2D eigenvalue weighted by Crippen LogP contribution is 2.15. The molecule has 28 heavy (non-hydrogen) atoms. The first kappa shape index (κ1) is 27.1. The van der Waals surface area contributed by atoms with Crippen molar-refractivity contribution in [2.75, 3.05) is 86.7 Å². The molecule has 1 fully saturated rings. The number of carbonyl (C=O) groups is 1. The van der Waals surface area contributed by atoms with Gasteiger partial charge in [-0.2, -0.15) is 13.2 Å². The number of nitrogens with one attached hydrogen (secondary N) is 2. The fraction of sp³-hybridized carbons (Fsp3) is 0.875. The number of likely N-dealkylation sites (N-methyl/N-ethyl adjacent to an activating group) is 1. The number of carbonyl (C=O) groups excluding carboxylic acids is 1. The highest BCUT2D eigenvalue weighted by molar-refractivity contribution is 14.0. The van der Waals surface area contributed by atoms with Crippen molar-refractivity contribution in [3.8, 4) is 0 Å². The third kappa shape index (κ3) is 11.9. The minimum Gasteiger partial charge on any atom is -0.383 e. The Labute approximate surface area is 181 Å². The van der Waals surface area contributed by atoms with Crippen LogP contribution < -0.4 is 10.6 Å². The first-order valence-electron chi connectivity index (χ1n) is 8.94. The zero-order valence-electron chi connectivity index (χ0n) is 16.7. The van der Waals surface area contributed by atoms with Crippen molar-refractivity contribution in [3.63, 3.8) is 0 Å². The minimum absolute atomic E-state index is 0. The molecule has 0 bridgehead atoms. The summed E-state index contributed by atoms with van der Waals surface area (Å²) in [5.41, 5.74) is 0. The summed E-state index contributed by atoms with van der Waals surface area (Å²) in [7, 11) is 4.67. The standard InChI is InChI=1S/C16H31F3N6O2.HI/c1-20-15(22-4-6-23(2)13-16(17,18)19)25-9-7-24(8-10-25)12-14(26)21-5-11-27-3;/h4-13H2,1-3H3,(H,20,22)(H,21,26);1H. The Morgan fingerprint density at radius 1 is 1.18 bits per heavy atom. The number of guanidine groups is 1. The van der Waals surface area contributed by atoms with Gasteiger partial charge in [-0.15, -0.1) is 24.0 Å². The van der Waals surface area contributed by atoms with E-state index >= 15 is 0 Å². The van der Waals surface area contributed by atoms with Crippen LogP contribution in [0.5, 0.6) is 0 Å². The lowest BCUT2D eigenvalue weighted by atomic mass is 10.3. The number of aliphatic imine (C=N–C) groups is 1. The molecular weight excluding hydrogens is 492 g/mol. The summed E-state index contributed by atoms with van der Waals surface area (Å²) in [6, 6.07) is 0. The maximum atomic E-state index is 12.3. The molecule has 1 heterocycles. The van der Waals surface area contributed by atoms with Crippen LogP contribution in [0.2, 0.25) is 0 Å². The topological polar surface area (TPSA) is 72.4 Å². The number of piperazine rings is 1. The molecule has 0 unspecified atom stereocenters. The number of halogens is 4. The number of ether oxygens (including phenoxy) is 1. The molecule has 0 radical (unpaired) electrons. The van der Waals surface area contributed by atoms with E-state index < -0.39 is 12.7 Å². The molecule has 2 N–H and O–H groups in total. The van der Waals surface area contributed by atoms with Crippen molar-refractivity contribution in [2.24, 2.45) is 4.99 Å². The van der Waals surface area contributed by atoms with Crippen LogP contribution in [-0.4, -0.2) is 119 Å². The Hall–Kier alpha value is -0.860. The quantitative estimate of drug-likeness (QED) is 0.193. The molecule has 166 valence electrons. The Kier molecular flexibility index (Phi) is 13.7. The van der Waals surface area contributed by atoms with Crippen molar-refractivity contribution in [3.05, 3.63) is 0 Å². The fourth-order valence-corrected chi connectivity index (χ4v) is 2.75. The van der Waals surface area contributed by atoms with Crippen LogP contribution >= 0.6 is 24.0 Å². The second kappa shape index (κ2) is 14.2. The molecule has 1 aliphatic rings. The Bertz CT molecular complexity index is 474. The van der Waals surface area contributed by atoms with Gasteiger partial charge in [0.2, 0.25) is 5.91 Å². The van der Waals surface area contributed by atoms with E-state index in [9.17, 15) is 18.0 Å². The number of amides is 1. The fourth-order valence-electron chi connectivity index (χ4n) is 2.75. The van der Waals surface area contributed by atoms with Gasteiger partial charge in [0.1, 0.15) is 0 Å². The lowest BCUT2D eigenvalue weighted by Crippen LogP contribution is -2.54. The van der Waals surface area contributed by atoms with Crippen LogP contribution in [0, 0.1) is 0 Å². The number of alkyl halides is 3. The number of hydrogen-bond acceptors (Lipinski definition) is 5. The Morgan fingerprint density at radius 3 is 2.36 bits per heavy atom. The summed E-state index contributed by atoms with van der Waals surface area (Å²) in [6.07, 6.45) is -4.19. The Morgan fingerprint density at radius 2 is 1.82 bits per heavy atom. The number of nitrogens with zero attached hydrogens (tertiary/aromatic N) is 4. The molecule has 12 heteroatoms. The highest BCUT2D eigenvalue weighted by atomic mass is 127. The van der Waals surface area contributed by atoms with Crippen LogP contribution in [-0.2, 0) is 9.53 Å². The third-order valence-corrected chi connectivity index (χ3v) is 4.11. The van der Waals surface area contributed by atoms with Crippen molar-refractivity contribution in [2.45, 2.75) is 6.18 Å². The van der Waals surface area contributed by atoms with Gasteiger partial charge in [-0.3, -0.25) is 19.6 Å². The first-order valence-corrected chi connectivity index (χ1v) is 8.94. The largest absolute Gasteiger partial charge is 0.401 e. The van der Waals surface area contributed by atoms with Gasteiger partial charge < -0.3 is 20.3 Å². The molecule has 0 aromatic carbocycles. The van der Waals surface area contributed by atoms with E-state index in [1.165, 1.54) is 11.9 Å². The molecule has 0 aromatic heterocycles. The molecule has 1 saturated heterocycles. The SMILES string of the molecule is CN=C(NCCN(C)CC(F)(F)F)N1CCN(CC(=O)NCCOC)CC1.I. The molecule has 0 saturated carbocycles. The van der Waals surface area contributed by atoms with Crippen LogP contribution in [0.1, 0.15) is 0 Å². The predicted octanol–water partition coefficient (Wildman–Crippen LogP) is 0.0541. The maximum absolute atomic E-state index is 12.3. The smallest absolute Gasteiger partial charge is 0.383 e. The summed E-state index contributed by atoms with van der Waals surface area (Å²) < 4.78 is 41.9. The minimum atomic E-state index is -4.19. The van der Waals surface area contributed by atoms with Gasteiger partial charge in [-0.05, 0) is 7.05 Å². The predicted molar refractivity (Wildman–Crippen MR) is 113 cm³/mol. The van der Waals surface area contributed by atoms with E-state index in [1.807, 2.05) is 4.90 Å². The molecule has 0 atom stereocenters. The molecule has 0 aromatic rings. The van der Waals surface area contributed by atoms with Crippen molar-refractivity contribution in [1.29, 1.82) is 0 Å². The highest BCUT2D eigenvalue weighted by Gasteiger charge is 2.29. The number of hydrogen-bond donors (Lipinski definition) is 2. The summed E-state index contributed by atoms with van der Waals surface area (Å²) in [5, 5.41) is 5.89. The van der Waals surface area contributed by atoms with Gasteiger partial charge in [0.05, 0.1) is 19.7 Å². The molecule has 0 spiro atoms. The van der Waals surface area contributed by atoms with Gasteiger partial charge in [0, 0.05) is 60.0 Å². The van der Waals surface area contributed by atoms with Crippen LogP contribution in [0.3, 0.4) is 0 Å². The summed E-state index contributed by atoms with van der Waals surface area (Å²) in [4.78, 5) is 21.3. The van der Waals surface area contributed by atoms with Crippen LogP contribution in [0.4, 0.5) is 13.2 Å². The molecule has 0 aliphatic carbocycles. The zero-order valence-corrected chi connectivity index (χ0v) is 19.0. The summed E-state index contributed by atoms with van der Waals surface area (Å²) in [6.45, 7) is 3.85. The second-order valence-electron chi connectivity index (χ2n) is 6.43. The normalized spacial score (nSPS) is 16.1. The average Bonchev–Trinajstić information content (AvgIpc) is 2.58. The molecule has 1 aliphatic heterocycles. The molecule has 8 nitrogen and oxygen atoms in total. The van der Waals surface area contributed by atoms with Gasteiger partial charge in [-0.25, -0.2) is 0 Å². The van der Waals surface area contributed by atoms with E-state index in [2.05, 4.69) is 20.5 Å². The lowest BCUT2D eigenvalue weighted by molar-refractivity contribution is -0.142. The van der Waals surface area contributed by atoms with Crippen LogP contribution in [0.25, 0.3) is 0 Å². The van der Waals surface area contributed by atoms with Crippen LogP contribution in [0.15, 0.2) is 4.99 Å². The van der Waals surface area contributed by atoms with Gasteiger partial charge in [0.25, 0.3) is 0 Å². The van der Waals surface area contributed by atoms with Gasteiger partial charge >= 0.3 is 6.18 Å². The molecule has 1 rings (SSSR count). The maximum Gasteiger partial charge on any atom is 0.401 e. The van der Waals surface area contributed by atoms with Crippen molar-refractivity contribution >= 4 is 35.8 Å². The summed E-state index contributed by atoms with van der Waals surface area (Å²) in [5.74, 6) is 0.635. The van der Waals surface area contributed by atoms with Gasteiger partial charge in [-0.1, -0.05) is 0 Å². The first-order chi connectivity index (χ1) is 12.7. The van der Waals surface area contributed by atoms with E-state index in [4.69, 9.17) is 4.74 Å². The third-order valence-electron chi connectivity index (χ3n) is 4.11. The Balaban J connectivity index is 0.00000729. The lowest BCUT2D eigenvalue weighted by Gasteiger charge is -2.36. The monoisotopic (exact) mass is 524 g/mol. The molecular formula is C16H32F3IN6O2. The number of methoxy groups -OCH3 is 1. The van der Waals surface area contributed by atoms with E-state index in [1.54, 1.807) is 14.2 Å². The van der Waals surface area contributed by atoms with Gasteiger partial charge in [0.15, 0.2) is 5.96 Å². The number of rotatable bonds is 9. The second-order valence-corrected chi connectivity index (χ2v) is 6.43. The zero-order chi connectivity index (χ0) is 20.3. The van der Waals surface area contributed by atoms with E-state index in [0.717, 1.165) is 0 Å². The van der Waals surface area contributed by atoms with E-state index in [0.29, 0.717) is 58.4 Å². The summed E-state index contributed by atoms with van der Waals surface area (Å²) >= 11 is 0. The van der Waals surface area contributed by atoms with Crippen molar-refractivity contribution in [1.82, 2.24) is 25.3 Å².